The first kappa shape index (κ1) is 16.8. The van der Waals surface area contributed by atoms with Gasteiger partial charge in [0.2, 0.25) is 16.0 Å². The second kappa shape index (κ2) is 7.51. The van der Waals surface area contributed by atoms with Crippen LogP contribution in [-0.2, 0) is 10.0 Å². The normalized spacial score (nSPS) is 12.1. The third-order valence-corrected chi connectivity index (χ3v) is 4.71. The van der Waals surface area contributed by atoms with Crippen LogP contribution in [-0.4, -0.2) is 53.5 Å². The molecule has 0 saturated carbocycles. The average molecular weight is 302 g/mol. The average Bonchev–Trinajstić information content (AvgIpc) is 2.39. The van der Waals surface area contributed by atoms with E-state index in [1.807, 2.05) is 6.92 Å². The molecule has 114 valence electrons. The van der Waals surface area contributed by atoms with E-state index in [0.717, 1.165) is 0 Å². The van der Waals surface area contributed by atoms with Crippen molar-refractivity contribution in [3.63, 3.8) is 0 Å². The predicted octanol–water partition coefficient (Wildman–Crippen LogP) is 0.690. The van der Waals surface area contributed by atoms with Crippen molar-refractivity contribution >= 4 is 16.0 Å². The summed E-state index contributed by atoms with van der Waals surface area (Å²) in [4.78, 5) is 8.02. The third-order valence-electron chi connectivity index (χ3n) is 2.68. The van der Waals surface area contributed by atoms with E-state index in [1.165, 1.54) is 16.7 Å². The molecule has 0 fully saturated rings. The standard InChI is InChI=1S/C12H22N4O3S/c1-4-13-12-14-8-11(9-15-12)20(18,19)16(10(2)3)6-5-7-17/h8-10,17H,4-7H2,1-3H3,(H,13,14,15). The van der Waals surface area contributed by atoms with Crippen molar-refractivity contribution < 1.29 is 13.5 Å². The highest BCUT2D eigenvalue weighted by Gasteiger charge is 2.27. The Hall–Kier alpha value is -1.25. The molecule has 20 heavy (non-hydrogen) atoms. The molecule has 1 aromatic heterocycles. The van der Waals surface area contributed by atoms with E-state index in [9.17, 15) is 8.42 Å². The van der Waals surface area contributed by atoms with Crippen LogP contribution in [0.4, 0.5) is 5.95 Å². The Morgan fingerprint density at radius 2 is 1.95 bits per heavy atom. The molecule has 8 heteroatoms. The van der Waals surface area contributed by atoms with Gasteiger partial charge in [-0.15, -0.1) is 0 Å². The van der Waals surface area contributed by atoms with Gasteiger partial charge in [-0.1, -0.05) is 0 Å². The van der Waals surface area contributed by atoms with E-state index in [-0.39, 0.29) is 24.1 Å². The second-order valence-electron chi connectivity index (χ2n) is 4.56. The van der Waals surface area contributed by atoms with E-state index in [2.05, 4.69) is 15.3 Å². The molecule has 1 rings (SSSR count). The third kappa shape index (κ3) is 4.12. The quantitative estimate of drug-likeness (QED) is 0.733. The second-order valence-corrected chi connectivity index (χ2v) is 6.45. The zero-order valence-corrected chi connectivity index (χ0v) is 12.9. The lowest BCUT2D eigenvalue weighted by Crippen LogP contribution is -2.38. The first-order chi connectivity index (χ1) is 9.43. The topological polar surface area (TPSA) is 95.4 Å². The lowest BCUT2D eigenvalue weighted by Gasteiger charge is -2.25. The molecule has 0 bridgehead atoms. The van der Waals surface area contributed by atoms with Crippen LogP contribution in [0.1, 0.15) is 27.2 Å². The Balaban J connectivity index is 3.00. The van der Waals surface area contributed by atoms with Crippen molar-refractivity contribution in [1.82, 2.24) is 14.3 Å². The van der Waals surface area contributed by atoms with Gasteiger partial charge in [0.05, 0.1) is 12.4 Å². The lowest BCUT2D eigenvalue weighted by atomic mass is 10.3. The number of nitrogens with one attached hydrogen (secondary N) is 1. The van der Waals surface area contributed by atoms with E-state index < -0.39 is 10.0 Å². The summed E-state index contributed by atoms with van der Waals surface area (Å²) in [7, 11) is -3.63. The Labute approximate surface area is 120 Å². The van der Waals surface area contributed by atoms with Crippen LogP contribution in [0, 0.1) is 0 Å². The molecule has 0 amide bonds. The van der Waals surface area contributed by atoms with Crippen LogP contribution >= 0.6 is 0 Å². The first-order valence-electron chi connectivity index (χ1n) is 6.62. The van der Waals surface area contributed by atoms with Gasteiger partial charge in [-0.05, 0) is 27.2 Å². The number of hydrogen-bond donors (Lipinski definition) is 2. The molecular formula is C12H22N4O3S. The minimum absolute atomic E-state index is 0.0470. The smallest absolute Gasteiger partial charge is 0.246 e. The monoisotopic (exact) mass is 302 g/mol. The van der Waals surface area contributed by atoms with Gasteiger partial charge in [0.25, 0.3) is 0 Å². The highest BCUT2D eigenvalue weighted by Crippen LogP contribution is 2.17. The molecule has 2 N–H and O–H groups in total. The van der Waals surface area contributed by atoms with Crippen molar-refractivity contribution in [3.05, 3.63) is 12.4 Å². The van der Waals surface area contributed by atoms with Crippen LogP contribution in [0.2, 0.25) is 0 Å². The van der Waals surface area contributed by atoms with Crippen molar-refractivity contribution in [2.45, 2.75) is 38.1 Å². The number of nitrogens with zero attached hydrogens (tertiary/aromatic N) is 3. The molecule has 0 aliphatic rings. The van der Waals surface area contributed by atoms with Gasteiger partial charge in [-0.3, -0.25) is 0 Å². The SMILES string of the molecule is CCNc1ncc(S(=O)(=O)N(CCCO)C(C)C)cn1. The van der Waals surface area contributed by atoms with Crippen molar-refractivity contribution in [1.29, 1.82) is 0 Å². The van der Waals surface area contributed by atoms with Crippen molar-refractivity contribution in [2.24, 2.45) is 0 Å². The van der Waals surface area contributed by atoms with Crippen LogP contribution in [0.25, 0.3) is 0 Å². The van der Waals surface area contributed by atoms with Crippen molar-refractivity contribution in [2.75, 3.05) is 25.0 Å². The van der Waals surface area contributed by atoms with Crippen LogP contribution in [0.15, 0.2) is 17.3 Å². The Bertz CT molecular complexity index is 502. The number of hydrogen-bond acceptors (Lipinski definition) is 6. The number of sulfonamides is 1. The fraction of sp³-hybridized carbons (Fsp3) is 0.667. The maximum atomic E-state index is 12.5. The largest absolute Gasteiger partial charge is 0.396 e. The summed E-state index contributed by atoms with van der Waals surface area (Å²) < 4.78 is 26.3. The molecule has 0 aromatic carbocycles. The Kier molecular flexibility index (Phi) is 6.31. The predicted molar refractivity (Wildman–Crippen MR) is 76.9 cm³/mol. The highest BCUT2D eigenvalue weighted by molar-refractivity contribution is 7.89. The van der Waals surface area contributed by atoms with Crippen LogP contribution < -0.4 is 5.32 Å². The Morgan fingerprint density at radius 1 is 1.35 bits per heavy atom. The minimum Gasteiger partial charge on any atom is -0.396 e. The number of aliphatic hydroxyl groups is 1. The molecule has 0 aliphatic carbocycles. The molecule has 7 nitrogen and oxygen atoms in total. The summed E-state index contributed by atoms with van der Waals surface area (Å²) in [5.41, 5.74) is 0. The van der Waals surface area contributed by atoms with Gasteiger partial charge < -0.3 is 10.4 Å². The minimum atomic E-state index is -3.63. The molecule has 0 aliphatic heterocycles. The summed E-state index contributed by atoms with van der Waals surface area (Å²) in [6.07, 6.45) is 3.00. The van der Waals surface area contributed by atoms with Crippen molar-refractivity contribution in [3.8, 4) is 0 Å². The fourth-order valence-corrected chi connectivity index (χ4v) is 3.28. The van der Waals surface area contributed by atoms with Gasteiger partial charge in [-0.25, -0.2) is 18.4 Å². The summed E-state index contributed by atoms with van der Waals surface area (Å²) in [5.74, 6) is 0.401. The van der Waals surface area contributed by atoms with E-state index in [0.29, 0.717) is 18.9 Å². The van der Waals surface area contributed by atoms with E-state index >= 15 is 0 Å². The summed E-state index contributed by atoms with van der Waals surface area (Å²) in [6.45, 7) is 6.38. The number of rotatable bonds is 8. The maximum Gasteiger partial charge on any atom is 0.246 e. The molecular weight excluding hydrogens is 280 g/mol. The first-order valence-corrected chi connectivity index (χ1v) is 8.06. The van der Waals surface area contributed by atoms with E-state index in [4.69, 9.17) is 5.11 Å². The van der Waals surface area contributed by atoms with Gasteiger partial charge in [0.1, 0.15) is 4.90 Å². The molecule has 0 radical (unpaired) electrons. The number of aromatic nitrogens is 2. The molecule has 0 atom stereocenters. The highest BCUT2D eigenvalue weighted by atomic mass is 32.2. The van der Waals surface area contributed by atoms with Crippen LogP contribution in [0.5, 0.6) is 0 Å². The van der Waals surface area contributed by atoms with Gasteiger partial charge >= 0.3 is 0 Å². The summed E-state index contributed by atoms with van der Waals surface area (Å²) in [5, 5.41) is 11.8. The maximum absolute atomic E-state index is 12.5. The fourth-order valence-electron chi connectivity index (χ4n) is 1.72. The van der Waals surface area contributed by atoms with Gasteiger partial charge in [-0.2, -0.15) is 4.31 Å². The van der Waals surface area contributed by atoms with Crippen LogP contribution in [0.3, 0.4) is 0 Å². The Morgan fingerprint density at radius 3 is 2.40 bits per heavy atom. The van der Waals surface area contributed by atoms with Gasteiger partial charge in [0.15, 0.2) is 0 Å². The molecule has 0 saturated heterocycles. The molecule has 1 heterocycles. The molecule has 0 spiro atoms. The zero-order valence-electron chi connectivity index (χ0n) is 12.1. The summed E-state index contributed by atoms with van der Waals surface area (Å²) >= 11 is 0. The van der Waals surface area contributed by atoms with E-state index in [1.54, 1.807) is 13.8 Å². The summed E-state index contributed by atoms with van der Waals surface area (Å²) in [6, 6.07) is -0.194. The molecule has 1 aromatic rings. The number of aliphatic hydroxyl groups excluding tert-OH is 1. The zero-order chi connectivity index (χ0) is 15.2. The lowest BCUT2D eigenvalue weighted by molar-refractivity contribution is 0.258. The molecule has 0 unspecified atom stereocenters. The van der Waals surface area contributed by atoms with Gasteiger partial charge in [0, 0.05) is 25.7 Å². The number of anilines is 1.